The van der Waals surface area contributed by atoms with Gasteiger partial charge in [0, 0.05) is 49.2 Å². The second-order valence-electron chi connectivity index (χ2n) is 17.0. The van der Waals surface area contributed by atoms with Crippen molar-refractivity contribution in [3.63, 3.8) is 0 Å². The Kier molecular flexibility index (Phi) is 12.0. The van der Waals surface area contributed by atoms with Crippen LogP contribution in [-0.4, -0.2) is 103 Å². The lowest BCUT2D eigenvalue weighted by Gasteiger charge is -2.34. The Morgan fingerprint density at radius 2 is 1.30 bits per heavy atom. The van der Waals surface area contributed by atoms with E-state index in [1.54, 1.807) is 73.7 Å². The van der Waals surface area contributed by atoms with Crippen LogP contribution in [0.5, 0.6) is 17.2 Å². The molecular weight excluding hydrogens is 1010 g/mol. The van der Waals surface area contributed by atoms with E-state index in [-0.39, 0.29) is 54.6 Å². The Bertz CT molecular complexity index is 3140. The first kappa shape index (κ1) is 46.2. The highest BCUT2D eigenvalue weighted by Gasteiger charge is 2.53. The standard InChI is InChI=1S/C24H20N4O6.C17H16N2O4.C8H6INO2/c1-33-14-3-4-15-12(8-14)6-7-28(21(15)30)11-24(22(31)26-23(32)27-24)18-9-16-17(34-18)5-2-13-10-25-20(29)19(13)16;1-3-17(9-14(20)18-16(17)22)10-19-7-6-11-8-12(23-2)4-5-13(11)15(19)21;9-7-5(11)2-1-4-3-10-8(12)6(4)7/h2-5,8-9H,6-7,10-11H2,1H3,(H,25,29)(H2,26,27,31,32);1,4-5,8H,6-7,9-10H2,2H3,(H,18,20,22);1-2,11H,3H2,(H,10,12)/t24-;17-;/m01./s1. The van der Waals surface area contributed by atoms with Gasteiger partial charge >= 0.3 is 6.03 Å². The van der Waals surface area contributed by atoms with E-state index in [4.69, 9.17) is 20.3 Å². The molecule has 352 valence electrons. The Balaban J connectivity index is 0.000000145. The van der Waals surface area contributed by atoms with Gasteiger partial charge in [-0.1, -0.05) is 18.1 Å². The van der Waals surface area contributed by atoms with Gasteiger partial charge in [-0.15, -0.1) is 6.42 Å². The van der Waals surface area contributed by atoms with E-state index in [2.05, 4.69) is 32.5 Å². The second-order valence-corrected chi connectivity index (χ2v) is 18.1. The SMILES string of the molecule is C#C[C@]1(CN2CCc3cc(OC)ccc3C2=O)CC(=O)NC1=O.COc1ccc2c(c1)CCN(C[C@@]1(c3cc4c5c(ccc4o3)CNC5=O)NC(=O)NC1=O)C2=O.O=C1NCc2ccc(O)c(I)c21. The first-order valence-corrected chi connectivity index (χ1v) is 22.7. The molecule has 2 atom stereocenters. The van der Waals surface area contributed by atoms with E-state index in [9.17, 15) is 43.5 Å². The smallest absolute Gasteiger partial charge is 0.322 e. The number of urea groups is 1. The number of phenolic OH excluding ortho intramolecular Hbond substituents is 1. The van der Waals surface area contributed by atoms with Crippen molar-refractivity contribution in [1.29, 1.82) is 0 Å². The van der Waals surface area contributed by atoms with E-state index >= 15 is 0 Å². The number of hydrogen-bond acceptors (Lipinski definition) is 12. The molecule has 2 saturated heterocycles. The molecule has 0 aliphatic carbocycles. The predicted octanol–water partition coefficient (Wildman–Crippen LogP) is 3.02. The number of carbonyl (C=O) groups is 8. The Morgan fingerprint density at radius 3 is 1.86 bits per heavy atom. The normalized spacial score (nSPS) is 20.7. The molecule has 69 heavy (non-hydrogen) atoms. The number of terminal acetylenes is 1. The number of phenols is 1. The molecule has 0 unspecified atom stereocenters. The predicted molar refractivity (Wildman–Crippen MR) is 252 cm³/mol. The number of rotatable bonds is 7. The Hall–Kier alpha value is -7.93. The van der Waals surface area contributed by atoms with Crippen molar-refractivity contribution >= 4 is 80.9 Å². The van der Waals surface area contributed by atoms with E-state index in [1.807, 2.05) is 34.7 Å². The lowest BCUT2D eigenvalue weighted by Crippen LogP contribution is -2.55. The number of aromatic hydroxyl groups is 1. The van der Waals surface area contributed by atoms with Crippen molar-refractivity contribution in [2.24, 2.45) is 5.41 Å². The quantitative estimate of drug-likeness (QED) is 0.0596. The summed E-state index contributed by atoms with van der Waals surface area (Å²) in [7, 11) is 3.14. The molecule has 4 aromatic carbocycles. The number of imide groups is 2. The molecule has 9 amide bonds. The molecule has 6 aliphatic rings. The number of nitrogens with one attached hydrogen (secondary N) is 5. The molecular formula is C49H42IN7O12. The summed E-state index contributed by atoms with van der Waals surface area (Å²) >= 11 is 1.97. The van der Waals surface area contributed by atoms with Gasteiger partial charge in [0.1, 0.15) is 34.0 Å². The van der Waals surface area contributed by atoms with E-state index in [0.717, 1.165) is 22.3 Å². The third kappa shape index (κ3) is 8.21. The molecule has 20 heteroatoms. The minimum atomic E-state index is -1.63. The summed E-state index contributed by atoms with van der Waals surface area (Å²) in [5.41, 5.74) is 3.29. The molecule has 7 heterocycles. The lowest BCUT2D eigenvalue weighted by atomic mass is 9.85. The maximum atomic E-state index is 13.3. The third-order valence-corrected chi connectivity index (χ3v) is 14.1. The van der Waals surface area contributed by atoms with Crippen molar-refractivity contribution in [1.82, 2.24) is 36.4 Å². The molecule has 0 saturated carbocycles. The number of fused-ring (bicyclic) bond motifs is 6. The summed E-state index contributed by atoms with van der Waals surface area (Å²) < 4.78 is 17.1. The zero-order valence-corrected chi connectivity index (χ0v) is 39.2. The number of methoxy groups -OCH3 is 2. The van der Waals surface area contributed by atoms with Crippen LogP contribution < -0.4 is 36.1 Å². The average Bonchev–Trinajstić information content (AvgIpc) is 4.17. The molecule has 1 aromatic heterocycles. The van der Waals surface area contributed by atoms with Gasteiger partial charge in [0.25, 0.3) is 29.5 Å². The van der Waals surface area contributed by atoms with Crippen LogP contribution in [0.1, 0.15) is 75.9 Å². The topological polar surface area (TPSA) is 255 Å². The fourth-order valence-corrected chi connectivity index (χ4v) is 10.1. The molecule has 6 N–H and O–H groups in total. The maximum Gasteiger partial charge on any atom is 0.322 e. The highest BCUT2D eigenvalue weighted by Crippen LogP contribution is 2.37. The van der Waals surface area contributed by atoms with Crippen LogP contribution in [0, 0.1) is 21.3 Å². The largest absolute Gasteiger partial charge is 0.507 e. The lowest BCUT2D eigenvalue weighted by molar-refractivity contribution is -0.127. The number of halogens is 1. The summed E-state index contributed by atoms with van der Waals surface area (Å²) in [4.78, 5) is 101. The summed E-state index contributed by atoms with van der Waals surface area (Å²) in [5.74, 6) is 1.84. The third-order valence-electron chi connectivity index (χ3n) is 13.0. The number of nitrogens with zero attached hydrogens (tertiary/aromatic N) is 2. The summed E-state index contributed by atoms with van der Waals surface area (Å²) in [6.45, 7) is 1.71. The summed E-state index contributed by atoms with van der Waals surface area (Å²) in [6.07, 6.45) is 6.63. The van der Waals surface area contributed by atoms with Gasteiger partial charge in [-0.05, 0) is 112 Å². The van der Waals surface area contributed by atoms with Crippen molar-refractivity contribution in [3.8, 4) is 29.6 Å². The fourth-order valence-electron chi connectivity index (χ4n) is 9.29. The van der Waals surface area contributed by atoms with Crippen LogP contribution >= 0.6 is 22.6 Å². The summed E-state index contributed by atoms with van der Waals surface area (Å²) in [6, 6.07) is 18.4. The van der Waals surface area contributed by atoms with Gasteiger partial charge < -0.3 is 44.7 Å². The average molecular weight is 1050 g/mol. The van der Waals surface area contributed by atoms with Gasteiger partial charge in [-0.25, -0.2) is 4.79 Å². The number of amides is 9. The minimum absolute atomic E-state index is 0.0470. The fraction of sp³-hybridized carbons (Fsp3) is 0.265. The van der Waals surface area contributed by atoms with Crippen molar-refractivity contribution in [3.05, 3.63) is 121 Å². The van der Waals surface area contributed by atoms with Crippen molar-refractivity contribution in [2.75, 3.05) is 40.4 Å². The van der Waals surface area contributed by atoms with Crippen molar-refractivity contribution in [2.45, 2.75) is 37.9 Å². The zero-order valence-electron chi connectivity index (χ0n) is 37.0. The number of hydrogen-bond donors (Lipinski definition) is 6. The van der Waals surface area contributed by atoms with E-state index < -0.39 is 34.7 Å². The Labute approximate surface area is 406 Å². The number of furan rings is 1. The van der Waals surface area contributed by atoms with Gasteiger partial charge in [0.15, 0.2) is 5.54 Å². The number of carbonyl (C=O) groups excluding carboxylic acids is 8. The zero-order chi connectivity index (χ0) is 48.9. The molecule has 2 fully saturated rings. The van der Waals surface area contributed by atoms with Gasteiger partial charge in [-0.3, -0.25) is 44.2 Å². The first-order chi connectivity index (χ1) is 33.1. The van der Waals surface area contributed by atoms with Gasteiger partial charge in [-0.2, -0.15) is 0 Å². The molecule has 5 aromatic rings. The van der Waals surface area contributed by atoms with Gasteiger partial charge in [0.2, 0.25) is 11.8 Å². The molecule has 19 nitrogen and oxygen atoms in total. The minimum Gasteiger partial charge on any atom is -0.507 e. The monoisotopic (exact) mass is 1050 g/mol. The van der Waals surface area contributed by atoms with Crippen molar-refractivity contribution < 1.29 is 57.4 Å². The maximum absolute atomic E-state index is 13.3. The van der Waals surface area contributed by atoms with E-state index in [0.29, 0.717) is 87.3 Å². The molecule has 0 bridgehead atoms. The highest BCUT2D eigenvalue weighted by molar-refractivity contribution is 14.1. The number of ether oxygens (including phenoxy) is 2. The number of benzene rings is 4. The van der Waals surface area contributed by atoms with Crippen LogP contribution in [0.3, 0.4) is 0 Å². The van der Waals surface area contributed by atoms with Crippen LogP contribution in [-0.2, 0) is 45.9 Å². The first-order valence-electron chi connectivity index (χ1n) is 21.6. The van der Waals surface area contributed by atoms with Crippen LogP contribution in [0.2, 0.25) is 0 Å². The van der Waals surface area contributed by atoms with Crippen LogP contribution in [0.25, 0.3) is 11.0 Å². The molecule has 11 rings (SSSR count). The summed E-state index contributed by atoms with van der Waals surface area (Å²) in [5, 5.41) is 22.5. The highest BCUT2D eigenvalue weighted by atomic mass is 127. The van der Waals surface area contributed by atoms with E-state index in [1.165, 1.54) is 4.90 Å². The molecule has 0 radical (unpaired) electrons. The van der Waals surface area contributed by atoms with Gasteiger partial charge in [0.05, 0.1) is 41.9 Å². The second kappa shape index (κ2) is 17.9. The van der Waals surface area contributed by atoms with Crippen LogP contribution in [0.4, 0.5) is 4.79 Å². The molecule has 6 aliphatic heterocycles. The van der Waals surface area contributed by atoms with Crippen LogP contribution in [0.15, 0.2) is 71.1 Å². The Morgan fingerprint density at radius 1 is 0.725 bits per heavy atom. The molecule has 0 spiro atoms.